The fourth-order valence-corrected chi connectivity index (χ4v) is 6.56. The number of hydrogen-bond donors (Lipinski definition) is 3. The standard InChI is InChI=1S/C33H24ClN5O4/c1-38-32(41)22-7-4-6-21-29-19(15-34)16-39(27(29)14-28(43-38)30(21)22)33(42)26-13-18-11-20(9-10-24(18)37-26)35-31(40)25-12-17-5-2-3-8-23(17)36-25/h2-14,19,36-37H,15-16H2,1H3,(H,35,40)/t19-/m0/s1. The summed E-state index contributed by atoms with van der Waals surface area (Å²) in [5.41, 5.74) is 5.34. The third-order valence-corrected chi connectivity index (χ3v) is 8.69. The second-order valence-corrected chi connectivity index (χ2v) is 11.2. The molecular weight excluding hydrogens is 566 g/mol. The lowest BCUT2D eigenvalue weighted by molar-refractivity contribution is -0.0156. The predicted molar refractivity (Wildman–Crippen MR) is 166 cm³/mol. The zero-order valence-corrected chi connectivity index (χ0v) is 23.7. The van der Waals surface area contributed by atoms with E-state index < -0.39 is 0 Å². The first-order valence-electron chi connectivity index (χ1n) is 13.8. The summed E-state index contributed by atoms with van der Waals surface area (Å²) in [6, 6.07) is 24.2. The number of benzene rings is 4. The van der Waals surface area contributed by atoms with Crippen LogP contribution in [0.5, 0.6) is 5.75 Å². The minimum Gasteiger partial charge on any atom is -0.376 e. The van der Waals surface area contributed by atoms with Gasteiger partial charge in [0.1, 0.15) is 11.4 Å². The van der Waals surface area contributed by atoms with Crippen molar-refractivity contribution >= 4 is 73.3 Å². The number of halogens is 1. The summed E-state index contributed by atoms with van der Waals surface area (Å²) < 4.78 is 0. The average Bonchev–Trinajstić information content (AvgIpc) is 3.74. The molecule has 1 atom stereocenters. The van der Waals surface area contributed by atoms with Crippen molar-refractivity contribution in [3.8, 4) is 5.75 Å². The number of anilines is 2. The maximum Gasteiger partial charge on any atom is 0.286 e. The number of aromatic amines is 2. The van der Waals surface area contributed by atoms with E-state index in [9.17, 15) is 14.4 Å². The van der Waals surface area contributed by atoms with Crippen LogP contribution in [0, 0.1) is 0 Å². The highest BCUT2D eigenvalue weighted by atomic mass is 35.5. The van der Waals surface area contributed by atoms with Gasteiger partial charge in [0.25, 0.3) is 17.7 Å². The van der Waals surface area contributed by atoms with Gasteiger partial charge in [0.2, 0.25) is 0 Å². The molecule has 0 saturated carbocycles. The molecule has 0 spiro atoms. The van der Waals surface area contributed by atoms with Crippen LogP contribution in [-0.2, 0) is 0 Å². The van der Waals surface area contributed by atoms with Crippen LogP contribution in [0.2, 0.25) is 0 Å². The van der Waals surface area contributed by atoms with Crippen LogP contribution in [-0.4, -0.2) is 52.2 Å². The second kappa shape index (κ2) is 9.37. The monoisotopic (exact) mass is 589 g/mol. The number of amides is 3. The number of carbonyl (C=O) groups excluding carboxylic acids is 3. The molecule has 0 aliphatic carbocycles. The molecule has 0 bridgehead atoms. The van der Waals surface area contributed by atoms with E-state index >= 15 is 0 Å². The van der Waals surface area contributed by atoms with Crippen LogP contribution in [0.4, 0.5) is 11.4 Å². The van der Waals surface area contributed by atoms with Gasteiger partial charge in [-0.1, -0.05) is 30.3 Å². The molecule has 0 unspecified atom stereocenters. The number of fused-ring (bicyclic) bond motifs is 4. The molecule has 6 aromatic rings. The topological polar surface area (TPSA) is 111 Å². The number of para-hydroxylation sites is 1. The van der Waals surface area contributed by atoms with E-state index in [1.165, 1.54) is 5.06 Å². The van der Waals surface area contributed by atoms with Gasteiger partial charge in [-0.05, 0) is 53.4 Å². The minimum absolute atomic E-state index is 0.115. The Bertz CT molecular complexity index is 2130. The maximum absolute atomic E-state index is 14.0. The first-order chi connectivity index (χ1) is 20.9. The van der Waals surface area contributed by atoms with E-state index in [1.807, 2.05) is 60.7 Å². The summed E-state index contributed by atoms with van der Waals surface area (Å²) >= 11 is 6.43. The van der Waals surface area contributed by atoms with Gasteiger partial charge < -0.3 is 25.0 Å². The number of rotatable bonds is 4. The Morgan fingerprint density at radius 2 is 1.74 bits per heavy atom. The fourth-order valence-electron chi connectivity index (χ4n) is 6.31. The molecule has 0 saturated heterocycles. The molecule has 4 aromatic carbocycles. The third kappa shape index (κ3) is 3.89. The molecule has 3 N–H and O–H groups in total. The number of alkyl halides is 1. The van der Waals surface area contributed by atoms with E-state index in [4.69, 9.17) is 16.4 Å². The van der Waals surface area contributed by atoms with Crippen molar-refractivity contribution in [2.24, 2.45) is 0 Å². The molecule has 2 aliphatic heterocycles. The SMILES string of the molecule is CN1Oc2cc3c(c4cccc(c24)C1=O)[C@@H](CCl)CN3C(=O)c1cc2cc(NC(=O)c3cc4ccccc4[nH]3)ccc2[nH]1. The molecule has 0 radical (unpaired) electrons. The Hall–Kier alpha value is -5.28. The van der Waals surface area contributed by atoms with E-state index in [0.717, 1.165) is 38.1 Å². The Morgan fingerprint density at radius 3 is 2.58 bits per heavy atom. The van der Waals surface area contributed by atoms with Crippen LogP contribution < -0.4 is 15.1 Å². The number of carbonyl (C=O) groups is 3. The van der Waals surface area contributed by atoms with Gasteiger partial charge in [0.05, 0.1) is 11.3 Å². The van der Waals surface area contributed by atoms with Crippen LogP contribution >= 0.6 is 11.6 Å². The molecule has 0 fully saturated rings. The predicted octanol–water partition coefficient (Wildman–Crippen LogP) is 6.42. The number of hydrogen-bond acceptors (Lipinski definition) is 4. The van der Waals surface area contributed by atoms with Crippen LogP contribution in [0.3, 0.4) is 0 Å². The molecule has 10 heteroatoms. The first kappa shape index (κ1) is 25.4. The molecule has 43 heavy (non-hydrogen) atoms. The van der Waals surface area contributed by atoms with Gasteiger partial charge in [0.15, 0.2) is 5.75 Å². The highest BCUT2D eigenvalue weighted by Crippen LogP contribution is 2.48. The van der Waals surface area contributed by atoms with Gasteiger partial charge >= 0.3 is 0 Å². The third-order valence-electron chi connectivity index (χ3n) is 8.31. The Kier molecular flexibility index (Phi) is 5.54. The van der Waals surface area contributed by atoms with E-state index in [0.29, 0.717) is 46.5 Å². The first-order valence-corrected chi connectivity index (χ1v) is 14.4. The van der Waals surface area contributed by atoms with Crippen molar-refractivity contribution in [2.75, 3.05) is 29.7 Å². The average molecular weight is 590 g/mol. The number of H-pyrrole nitrogens is 2. The van der Waals surface area contributed by atoms with Crippen LogP contribution in [0.15, 0.2) is 78.9 Å². The van der Waals surface area contributed by atoms with Crippen molar-refractivity contribution in [1.82, 2.24) is 15.0 Å². The van der Waals surface area contributed by atoms with E-state index in [-0.39, 0.29) is 23.6 Å². The van der Waals surface area contributed by atoms with Crippen molar-refractivity contribution in [3.63, 3.8) is 0 Å². The van der Waals surface area contributed by atoms with Gasteiger partial charge in [-0.15, -0.1) is 11.6 Å². The highest BCUT2D eigenvalue weighted by molar-refractivity contribution is 6.20. The Balaban J connectivity index is 1.12. The summed E-state index contributed by atoms with van der Waals surface area (Å²) in [6.45, 7) is 0.394. The van der Waals surface area contributed by atoms with E-state index in [1.54, 1.807) is 30.1 Å². The maximum atomic E-state index is 14.0. The van der Waals surface area contributed by atoms with Crippen LogP contribution in [0.1, 0.15) is 42.8 Å². The Morgan fingerprint density at radius 1 is 0.953 bits per heavy atom. The Labute approximate surface area is 249 Å². The van der Waals surface area contributed by atoms with Crippen LogP contribution in [0.25, 0.3) is 32.6 Å². The number of hydroxylamine groups is 2. The van der Waals surface area contributed by atoms with E-state index in [2.05, 4.69) is 15.3 Å². The molecule has 212 valence electrons. The molecule has 2 aliphatic rings. The summed E-state index contributed by atoms with van der Waals surface area (Å²) in [5.74, 6) is 0.0353. The summed E-state index contributed by atoms with van der Waals surface area (Å²) in [4.78, 5) is 53.6. The lowest BCUT2D eigenvalue weighted by atomic mass is 9.92. The quantitative estimate of drug-likeness (QED) is 0.206. The number of nitrogens with zero attached hydrogens (tertiary/aromatic N) is 2. The highest BCUT2D eigenvalue weighted by Gasteiger charge is 2.38. The molecule has 8 rings (SSSR count). The van der Waals surface area contributed by atoms with Gasteiger partial charge in [-0.3, -0.25) is 14.4 Å². The molecule has 9 nitrogen and oxygen atoms in total. The van der Waals surface area contributed by atoms with Gasteiger partial charge in [0, 0.05) is 64.3 Å². The van der Waals surface area contributed by atoms with Gasteiger partial charge in [-0.2, -0.15) is 5.06 Å². The normalized spacial score (nSPS) is 15.8. The number of nitrogens with one attached hydrogen (secondary N) is 3. The summed E-state index contributed by atoms with van der Waals surface area (Å²) in [7, 11) is 1.57. The molecule has 4 heterocycles. The minimum atomic E-state index is -0.253. The fraction of sp³-hybridized carbons (Fsp3) is 0.121. The summed E-state index contributed by atoms with van der Waals surface area (Å²) in [5, 5.41) is 7.49. The molecule has 3 amide bonds. The van der Waals surface area contributed by atoms with Crippen molar-refractivity contribution in [3.05, 3.63) is 101 Å². The van der Waals surface area contributed by atoms with Crippen molar-refractivity contribution in [1.29, 1.82) is 0 Å². The zero-order valence-electron chi connectivity index (χ0n) is 22.9. The van der Waals surface area contributed by atoms with Crippen molar-refractivity contribution < 1.29 is 19.2 Å². The second-order valence-electron chi connectivity index (χ2n) is 10.9. The molecular formula is C33H24ClN5O4. The lowest BCUT2D eigenvalue weighted by Gasteiger charge is -2.27. The lowest BCUT2D eigenvalue weighted by Crippen LogP contribution is -2.33. The van der Waals surface area contributed by atoms with Crippen molar-refractivity contribution in [2.45, 2.75) is 5.92 Å². The number of aromatic nitrogens is 2. The van der Waals surface area contributed by atoms with Gasteiger partial charge in [-0.25, -0.2) is 0 Å². The molecule has 2 aromatic heterocycles. The summed E-state index contributed by atoms with van der Waals surface area (Å²) in [6.07, 6.45) is 0. The zero-order chi connectivity index (χ0) is 29.4. The smallest absolute Gasteiger partial charge is 0.286 e. The largest absolute Gasteiger partial charge is 0.376 e.